The first-order valence-electron chi connectivity index (χ1n) is 6.57. The molecule has 0 aromatic heterocycles. The number of nitrogens with zero attached hydrogens (tertiary/aromatic N) is 1. The second-order valence-corrected chi connectivity index (χ2v) is 7.08. The van der Waals surface area contributed by atoms with E-state index in [1.54, 1.807) is 7.05 Å². The maximum Gasteiger partial charge on any atom is 0.218 e. The number of sulfonamides is 1. The third-order valence-corrected chi connectivity index (χ3v) is 5.22. The highest BCUT2D eigenvalue weighted by Crippen LogP contribution is 2.13. The molecule has 0 heterocycles. The summed E-state index contributed by atoms with van der Waals surface area (Å²) >= 11 is 5.71. The zero-order valence-corrected chi connectivity index (χ0v) is 13.2. The Morgan fingerprint density at radius 1 is 1.11 bits per heavy atom. The van der Waals surface area contributed by atoms with Crippen molar-refractivity contribution < 1.29 is 8.42 Å². The SMILES string of the molecule is CCCCCN(C)S(=O)(=O)Cc1ccc(CCl)cc1. The van der Waals surface area contributed by atoms with Crippen LogP contribution in [0.4, 0.5) is 0 Å². The molecule has 19 heavy (non-hydrogen) atoms. The highest BCUT2D eigenvalue weighted by atomic mass is 35.5. The fraction of sp³-hybridized carbons (Fsp3) is 0.571. The normalized spacial score (nSPS) is 12.0. The molecule has 0 amide bonds. The van der Waals surface area contributed by atoms with Gasteiger partial charge in [0.1, 0.15) is 0 Å². The number of hydrogen-bond donors (Lipinski definition) is 0. The van der Waals surface area contributed by atoms with Gasteiger partial charge >= 0.3 is 0 Å². The van der Waals surface area contributed by atoms with Crippen molar-refractivity contribution in [2.75, 3.05) is 13.6 Å². The lowest BCUT2D eigenvalue weighted by Crippen LogP contribution is -2.29. The molecule has 1 aromatic rings. The van der Waals surface area contributed by atoms with Gasteiger partial charge in [0.2, 0.25) is 10.0 Å². The van der Waals surface area contributed by atoms with Gasteiger partial charge in [-0.05, 0) is 17.5 Å². The Hall–Kier alpha value is -0.580. The van der Waals surface area contributed by atoms with Gasteiger partial charge < -0.3 is 0 Å². The van der Waals surface area contributed by atoms with Crippen LogP contribution in [0.5, 0.6) is 0 Å². The van der Waals surface area contributed by atoms with E-state index in [1.807, 2.05) is 24.3 Å². The van der Waals surface area contributed by atoms with Crippen LogP contribution in [-0.4, -0.2) is 26.3 Å². The zero-order chi connectivity index (χ0) is 14.3. The molecule has 0 saturated carbocycles. The summed E-state index contributed by atoms with van der Waals surface area (Å²) in [7, 11) is -1.56. The molecule has 0 spiro atoms. The van der Waals surface area contributed by atoms with Crippen LogP contribution < -0.4 is 0 Å². The molecule has 0 aliphatic carbocycles. The molecule has 1 aromatic carbocycles. The summed E-state index contributed by atoms with van der Waals surface area (Å²) in [5.74, 6) is 0.502. The van der Waals surface area contributed by atoms with Crippen molar-refractivity contribution in [2.24, 2.45) is 0 Å². The van der Waals surface area contributed by atoms with Gasteiger partial charge in [-0.2, -0.15) is 0 Å². The van der Waals surface area contributed by atoms with Gasteiger partial charge in [-0.1, -0.05) is 44.0 Å². The van der Waals surface area contributed by atoms with Crippen LogP contribution in [0.25, 0.3) is 0 Å². The van der Waals surface area contributed by atoms with Crippen molar-refractivity contribution in [2.45, 2.75) is 37.8 Å². The predicted octanol–water partition coefficient (Wildman–Crippen LogP) is 3.38. The van der Waals surface area contributed by atoms with Crippen molar-refractivity contribution in [3.8, 4) is 0 Å². The molecule has 0 atom stereocenters. The second kappa shape index (κ2) is 7.88. The number of rotatable bonds is 8. The average Bonchev–Trinajstić information content (AvgIpc) is 2.39. The average molecular weight is 304 g/mol. The topological polar surface area (TPSA) is 37.4 Å². The second-order valence-electron chi connectivity index (χ2n) is 4.73. The Labute approximate surface area is 121 Å². The van der Waals surface area contributed by atoms with Crippen LogP contribution in [0.1, 0.15) is 37.3 Å². The van der Waals surface area contributed by atoms with Crippen molar-refractivity contribution in [1.82, 2.24) is 4.31 Å². The molecular formula is C14H22ClNO2S. The summed E-state index contributed by atoms with van der Waals surface area (Å²) in [6.45, 7) is 2.70. The van der Waals surface area contributed by atoms with E-state index in [9.17, 15) is 8.42 Å². The minimum Gasteiger partial charge on any atom is -0.212 e. The van der Waals surface area contributed by atoms with Crippen LogP contribution >= 0.6 is 11.6 Å². The first-order valence-corrected chi connectivity index (χ1v) is 8.71. The molecule has 0 aliphatic heterocycles. The number of hydrogen-bond acceptors (Lipinski definition) is 2. The maximum atomic E-state index is 12.1. The van der Waals surface area contributed by atoms with Crippen LogP contribution in [0.3, 0.4) is 0 Å². The zero-order valence-electron chi connectivity index (χ0n) is 11.6. The maximum absolute atomic E-state index is 12.1. The lowest BCUT2D eigenvalue weighted by molar-refractivity contribution is 0.453. The van der Waals surface area contributed by atoms with E-state index in [1.165, 1.54) is 4.31 Å². The Bertz CT molecular complexity index is 471. The van der Waals surface area contributed by atoms with Crippen LogP contribution in [0.2, 0.25) is 0 Å². The van der Waals surface area contributed by atoms with Gasteiger partial charge in [0.05, 0.1) is 5.75 Å². The van der Waals surface area contributed by atoms with E-state index >= 15 is 0 Å². The number of benzene rings is 1. The highest BCUT2D eigenvalue weighted by Gasteiger charge is 2.17. The molecule has 5 heteroatoms. The first-order chi connectivity index (χ1) is 8.99. The third-order valence-electron chi connectivity index (χ3n) is 3.08. The van der Waals surface area contributed by atoms with Crippen molar-refractivity contribution in [3.63, 3.8) is 0 Å². The monoisotopic (exact) mass is 303 g/mol. The van der Waals surface area contributed by atoms with Gasteiger partial charge in [0.15, 0.2) is 0 Å². The summed E-state index contributed by atoms with van der Waals surface area (Å²) in [6.07, 6.45) is 3.06. The number of halogens is 1. The molecule has 108 valence electrons. The van der Waals surface area contributed by atoms with Gasteiger partial charge in [-0.15, -0.1) is 11.6 Å². The molecule has 0 unspecified atom stereocenters. The van der Waals surface area contributed by atoms with Crippen molar-refractivity contribution in [1.29, 1.82) is 0 Å². The van der Waals surface area contributed by atoms with Gasteiger partial charge in [0.25, 0.3) is 0 Å². The summed E-state index contributed by atoms with van der Waals surface area (Å²) < 4.78 is 25.8. The van der Waals surface area contributed by atoms with Gasteiger partial charge in [-0.3, -0.25) is 0 Å². The largest absolute Gasteiger partial charge is 0.218 e. The summed E-state index contributed by atoms with van der Waals surface area (Å²) in [6, 6.07) is 7.40. The minimum atomic E-state index is -3.21. The smallest absolute Gasteiger partial charge is 0.212 e. The van der Waals surface area contributed by atoms with Crippen LogP contribution in [0.15, 0.2) is 24.3 Å². The van der Waals surface area contributed by atoms with Gasteiger partial charge in [0, 0.05) is 19.5 Å². The Morgan fingerprint density at radius 2 is 1.68 bits per heavy atom. The fourth-order valence-electron chi connectivity index (χ4n) is 1.77. The Morgan fingerprint density at radius 3 is 2.21 bits per heavy atom. The molecule has 0 radical (unpaired) electrons. The van der Waals surface area contributed by atoms with E-state index in [0.717, 1.165) is 30.4 Å². The lowest BCUT2D eigenvalue weighted by atomic mass is 10.2. The molecule has 0 bridgehead atoms. The lowest BCUT2D eigenvalue weighted by Gasteiger charge is -2.17. The molecular weight excluding hydrogens is 282 g/mol. The van der Waals surface area contributed by atoms with Crippen LogP contribution in [0, 0.1) is 0 Å². The molecule has 3 nitrogen and oxygen atoms in total. The fourth-order valence-corrected chi connectivity index (χ4v) is 3.19. The molecule has 0 N–H and O–H groups in total. The van der Waals surface area contributed by atoms with E-state index in [-0.39, 0.29) is 5.75 Å². The molecule has 0 saturated heterocycles. The van der Waals surface area contributed by atoms with Crippen molar-refractivity contribution in [3.05, 3.63) is 35.4 Å². The predicted molar refractivity (Wildman–Crippen MR) is 80.8 cm³/mol. The van der Waals surface area contributed by atoms with Gasteiger partial charge in [-0.25, -0.2) is 12.7 Å². The standard InChI is InChI=1S/C14H22ClNO2S/c1-3-4-5-10-16(2)19(17,18)12-14-8-6-13(11-15)7-9-14/h6-9H,3-5,10-12H2,1-2H3. The summed E-state index contributed by atoms with van der Waals surface area (Å²) in [5, 5.41) is 0. The van der Waals surface area contributed by atoms with E-state index in [0.29, 0.717) is 12.4 Å². The number of unbranched alkanes of at least 4 members (excludes halogenated alkanes) is 2. The molecule has 0 fully saturated rings. The van der Waals surface area contributed by atoms with E-state index < -0.39 is 10.0 Å². The molecule has 1 rings (SSSR count). The van der Waals surface area contributed by atoms with E-state index in [2.05, 4.69) is 6.92 Å². The van der Waals surface area contributed by atoms with Crippen molar-refractivity contribution >= 4 is 21.6 Å². The Kier molecular flexibility index (Phi) is 6.83. The summed E-state index contributed by atoms with van der Waals surface area (Å²) in [4.78, 5) is 0. The minimum absolute atomic E-state index is 0.0538. The quantitative estimate of drug-likeness (QED) is 0.545. The van der Waals surface area contributed by atoms with Crippen LogP contribution in [-0.2, 0) is 21.7 Å². The molecule has 0 aliphatic rings. The Balaban J connectivity index is 2.62. The highest BCUT2D eigenvalue weighted by molar-refractivity contribution is 7.88. The third kappa shape index (κ3) is 5.51. The number of alkyl halides is 1. The van der Waals surface area contributed by atoms with E-state index in [4.69, 9.17) is 11.6 Å². The first kappa shape index (κ1) is 16.5. The summed E-state index contributed by atoms with van der Waals surface area (Å²) in [5.41, 5.74) is 1.80.